The van der Waals surface area contributed by atoms with E-state index in [1.54, 1.807) is 36.9 Å². The van der Waals surface area contributed by atoms with Crippen LogP contribution in [0.5, 0.6) is 5.75 Å². The van der Waals surface area contributed by atoms with Gasteiger partial charge in [-0.15, -0.1) is 0 Å². The van der Waals surface area contributed by atoms with Gasteiger partial charge in [-0.25, -0.2) is 4.79 Å². The molecule has 0 fully saturated rings. The van der Waals surface area contributed by atoms with Gasteiger partial charge < -0.3 is 14.8 Å². The normalized spacial score (nSPS) is 11.8. The number of amides is 1. The van der Waals surface area contributed by atoms with E-state index in [1.165, 1.54) is 14.0 Å². The van der Waals surface area contributed by atoms with Gasteiger partial charge in [0.05, 0.1) is 34.2 Å². The maximum atomic E-state index is 12.3. The van der Waals surface area contributed by atoms with E-state index in [0.717, 1.165) is 5.69 Å². The molecule has 1 heterocycles. The number of aryl methyl sites for hydroxylation is 2. The molecule has 0 aliphatic carbocycles. The van der Waals surface area contributed by atoms with Crippen LogP contribution in [0.2, 0.25) is 0 Å². The molecule has 0 bridgehead atoms. The molecule has 8 heteroatoms. The average Bonchev–Trinajstić information content (AvgIpc) is 2.80. The first-order valence-corrected chi connectivity index (χ1v) is 8.39. The van der Waals surface area contributed by atoms with Gasteiger partial charge >= 0.3 is 5.97 Å². The first-order chi connectivity index (χ1) is 11.7. The van der Waals surface area contributed by atoms with Gasteiger partial charge in [-0.05, 0) is 54.9 Å². The molecule has 0 radical (unpaired) electrons. The van der Waals surface area contributed by atoms with Gasteiger partial charge in [0, 0.05) is 7.05 Å². The maximum Gasteiger partial charge on any atom is 0.338 e. The molecule has 2 rings (SSSR count). The van der Waals surface area contributed by atoms with Crippen molar-refractivity contribution in [1.82, 2.24) is 9.78 Å². The second-order valence-electron chi connectivity index (χ2n) is 5.56. The number of methoxy groups -OCH3 is 1. The van der Waals surface area contributed by atoms with Crippen LogP contribution in [-0.4, -0.2) is 34.9 Å². The molecule has 134 valence electrons. The Hall–Kier alpha value is -2.35. The molecule has 2 aromatic rings. The van der Waals surface area contributed by atoms with Gasteiger partial charge in [0.15, 0.2) is 6.10 Å². The number of ether oxygens (including phenoxy) is 2. The van der Waals surface area contributed by atoms with Crippen LogP contribution in [0.3, 0.4) is 0 Å². The zero-order valence-electron chi connectivity index (χ0n) is 14.7. The Morgan fingerprint density at radius 3 is 2.52 bits per heavy atom. The summed E-state index contributed by atoms with van der Waals surface area (Å²) in [7, 11) is 3.33. The second kappa shape index (κ2) is 7.69. The van der Waals surface area contributed by atoms with Gasteiger partial charge in [0.2, 0.25) is 0 Å². The Morgan fingerprint density at radius 2 is 2.00 bits per heavy atom. The quantitative estimate of drug-likeness (QED) is 0.767. The van der Waals surface area contributed by atoms with Crippen molar-refractivity contribution >= 4 is 33.5 Å². The molecule has 7 nitrogen and oxygen atoms in total. The van der Waals surface area contributed by atoms with E-state index in [9.17, 15) is 9.59 Å². The van der Waals surface area contributed by atoms with Crippen molar-refractivity contribution in [2.45, 2.75) is 26.9 Å². The number of carbonyl (C=O) groups excluding carboxylic acids is 2. The fraction of sp³-hybridized carbons (Fsp3) is 0.353. The number of nitrogens with zero attached hydrogens (tertiary/aromatic N) is 2. The highest BCUT2D eigenvalue weighted by molar-refractivity contribution is 9.10. The van der Waals surface area contributed by atoms with E-state index in [-0.39, 0.29) is 0 Å². The van der Waals surface area contributed by atoms with Crippen LogP contribution in [0.15, 0.2) is 22.7 Å². The predicted molar refractivity (Wildman–Crippen MR) is 96.9 cm³/mol. The third kappa shape index (κ3) is 4.19. The molecule has 1 amide bonds. The molecule has 0 aliphatic heterocycles. The first-order valence-electron chi connectivity index (χ1n) is 7.60. The fourth-order valence-corrected chi connectivity index (χ4v) is 2.80. The van der Waals surface area contributed by atoms with Gasteiger partial charge in [-0.3, -0.25) is 9.48 Å². The molecule has 1 aromatic heterocycles. The molecule has 1 aromatic carbocycles. The molecular formula is C17H20BrN3O4. The molecule has 1 atom stereocenters. The second-order valence-corrected chi connectivity index (χ2v) is 6.41. The topological polar surface area (TPSA) is 82.4 Å². The number of hydrogen-bond acceptors (Lipinski definition) is 5. The summed E-state index contributed by atoms with van der Waals surface area (Å²) in [6, 6.07) is 4.81. The molecule has 0 aliphatic rings. The number of rotatable bonds is 5. The average molecular weight is 410 g/mol. The van der Waals surface area contributed by atoms with Gasteiger partial charge in [-0.2, -0.15) is 5.10 Å². The first kappa shape index (κ1) is 19.0. The highest BCUT2D eigenvalue weighted by Gasteiger charge is 2.22. The third-order valence-corrected chi connectivity index (χ3v) is 4.42. The lowest BCUT2D eigenvalue weighted by molar-refractivity contribution is -0.123. The van der Waals surface area contributed by atoms with Crippen molar-refractivity contribution in [2.24, 2.45) is 7.05 Å². The number of carbonyl (C=O) groups is 2. The predicted octanol–water partition coefficient (Wildman–Crippen LogP) is 2.99. The maximum absolute atomic E-state index is 12.3. The standard InChI is InChI=1S/C17H20BrN3O4/c1-9-15(10(2)21(4)20-9)19-16(22)11(3)25-17(23)12-6-7-14(24-5)13(18)8-12/h6-8,11H,1-5H3,(H,19,22)/t11-/m1/s1. The molecule has 0 saturated carbocycles. The van der Waals surface area contributed by atoms with Crippen LogP contribution in [0.1, 0.15) is 28.7 Å². The van der Waals surface area contributed by atoms with E-state index in [2.05, 4.69) is 26.3 Å². The Labute approximate surface area is 154 Å². The van der Waals surface area contributed by atoms with Crippen LogP contribution in [0, 0.1) is 13.8 Å². The number of esters is 1. The van der Waals surface area contributed by atoms with Crippen molar-refractivity contribution in [3.05, 3.63) is 39.6 Å². The van der Waals surface area contributed by atoms with E-state index in [0.29, 0.717) is 27.2 Å². The highest BCUT2D eigenvalue weighted by atomic mass is 79.9. The zero-order valence-corrected chi connectivity index (χ0v) is 16.3. The minimum Gasteiger partial charge on any atom is -0.496 e. The van der Waals surface area contributed by atoms with Crippen LogP contribution in [0.4, 0.5) is 5.69 Å². The Bertz CT molecular complexity index is 816. The van der Waals surface area contributed by atoms with E-state index < -0.39 is 18.0 Å². The number of aromatic nitrogens is 2. The smallest absolute Gasteiger partial charge is 0.338 e. The van der Waals surface area contributed by atoms with Crippen molar-refractivity contribution in [3.63, 3.8) is 0 Å². The number of hydrogen-bond donors (Lipinski definition) is 1. The van der Waals surface area contributed by atoms with E-state index in [1.807, 2.05) is 6.92 Å². The highest BCUT2D eigenvalue weighted by Crippen LogP contribution is 2.26. The summed E-state index contributed by atoms with van der Waals surface area (Å²) in [6.45, 7) is 5.17. The number of nitrogens with one attached hydrogen (secondary N) is 1. The van der Waals surface area contributed by atoms with Crippen molar-refractivity contribution < 1.29 is 19.1 Å². The Balaban J connectivity index is 2.05. The molecule has 25 heavy (non-hydrogen) atoms. The van der Waals surface area contributed by atoms with Crippen LogP contribution < -0.4 is 10.1 Å². The molecule has 0 saturated heterocycles. The summed E-state index contributed by atoms with van der Waals surface area (Å²) in [6.07, 6.45) is -0.951. The molecule has 1 N–H and O–H groups in total. The largest absolute Gasteiger partial charge is 0.496 e. The minimum atomic E-state index is -0.951. The minimum absolute atomic E-state index is 0.320. The third-order valence-electron chi connectivity index (χ3n) is 3.80. The molecular weight excluding hydrogens is 390 g/mol. The van der Waals surface area contributed by atoms with Gasteiger partial charge in [0.25, 0.3) is 5.91 Å². The lowest BCUT2D eigenvalue weighted by atomic mass is 10.2. The monoisotopic (exact) mass is 409 g/mol. The van der Waals surface area contributed by atoms with Crippen molar-refractivity contribution in [1.29, 1.82) is 0 Å². The zero-order chi connectivity index (χ0) is 18.7. The van der Waals surface area contributed by atoms with Crippen molar-refractivity contribution in [3.8, 4) is 5.75 Å². The van der Waals surface area contributed by atoms with E-state index >= 15 is 0 Å². The van der Waals surface area contributed by atoms with Crippen molar-refractivity contribution in [2.75, 3.05) is 12.4 Å². The number of benzene rings is 1. The SMILES string of the molecule is COc1ccc(C(=O)O[C@H](C)C(=O)Nc2c(C)nn(C)c2C)cc1Br. The lowest BCUT2D eigenvalue weighted by Gasteiger charge is -2.14. The summed E-state index contributed by atoms with van der Waals surface area (Å²) < 4.78 is 12.7. The van der Waals surface area contributed by atoms with Crippen LogP contribution in [0.25, 0.3) is 0 Å². The Morgan fingerprint density at radius 1 is 1.32 bits per heavy atom. The van der Waals surface area contributed by atoms with Gasteiger partial charge in [0.1, 0.15) is 5.75 Å². The summed E-state index contributed by atoms with van der Waals surface area (Å²) in [5.41, 5.74) is 2.47. The summed E-state index contributed by atoms with van der Waals surface area (Å²) in [5.74, 6) is -0.407. The Kier molecular flexibility index (Phi) is 5.84. The molecule has 0 unspecified atom stereocenters. The summed E-state index contributed by atoms with van der Waals surface area (Å²) in [4.78, 5) is 24.5. The summed E-state index contributed by atoms with van der Waals surface area (Å²) in [5, 5.41) is 6.99. The van der Waals surface area contributed by atoms with E-state index in [4.69, 9.17) is 9.47 Å². The summed E-state index contributed by atoms with van der Waals surface area (Å²) >= 11 is 3.31. The van der Waals surface area contributed by atoms with Crippen LogP contribution >= 0.6 is 15.9 Å². The number of anilines is 1. The lowest BCUT2D eigenvalue weighted by Crippen LogP contribution is -2.30. The molecule has 0 spiro atoms. The van der Waals surface area contributed by atoms with Crippen LogP contribution in [-0.2, 0) is 16.6 Å². The number of halogens is 1. The fourth-order valence-electron chi connectivity index (χ4n) is 2.25. The van der Waals surface area contributed by atoms with Gasteiger partial charge in [-0.1, -0.05) is 0 Å².